The van der Waals surface area contributed by atoms with Crippen LogP contribution < -0.4 is 11.1 Å². The molecule has 0 aliphatic carbocycles. The molecule has 0 spiro atoms. The number of aromatic nitrogens is 1. The minimum atomic E-state index is -0.185. The second kappa shape index (κ2) is 6.78. The summed E-state index contributed by atoms with van der Waals surface area (Å²) in [6.45, 7) is 2.44. The Kier molecular flexibility index (Phi) is 4.57. The van der Waals surface area contributed by atoms with Gasteiger partial charge >= 0.3 is 0 Å². The largest absolute Gasteiger partial charge is 0.463 e. The normalized spacial score (nSPS) is 16.7. The van der Waals surface area contributed by atoms with Gasteiger partial charge in [0, 0.05) is 11.1 Å². The Bertz CT molecular complexity index is 724. The summed E-state index contributed by atoms with van der Waals surface area (Å²) in [5.41, 5.74) is 7.89. The summed E-state index contributed by atoms with van der Waals surface area (Å²) in [6, 6.07) is 8.23. The van der Waals surface area contributed by atoms with E-state index in [0.717, 1.165) is 23.5 Å². The average molecular weight is 330 g/mol. The van der Waals surface area contributed by atoms with Crippen LogP contribution in [0.25, 0.3) is 0 Å². The number of nitrogens with two attached hydrogens (primary N) is 1. The fourth-order valence-corrected chi connectivity index (χ4v) is 2.93. The first kappa shape index (κ1) is 15.5. The molecule has 6 nitrogen and oxygen atoms in total. The van der Waals surface area contributed by atoms with Gasteiger partial charge in [0.1, 0.15) is 12.3 Å². The lowest BCUT2D eigenvalue weighted by atomic mass is 10.1. The van der Waals surface area contributed by atoms with E-state index in [0.29, 0.717) is 12.3 Å². The summed E-state index contributed by atoms with van der Waals surface area (Å²) in [6.07, 6.45) is 1.79. The molecular weight excluding hydrogens is 312 g/mol. The third-order valence-electron chi connectivity index (χ3n) is 3.56. The molecule has 120 valence electrons. The summed E-state index contributed by atoms with van der Waals surface area (Å²) in [4.78, 5) is 20.4. The molecule has 23 heavy (non-hydrogen) atoms. The molecule has 1 aromatic heterocycles. The number of carbonyl (C=O) groups is 1. The average Bonchev–Trinajstić information content (AvgIpc) is 3.15. The minimum absolute atomic E-state index is 0.141. The van der Waals surface area contributed by atoms with Gasteiger partial charge in [-0.25, -0.2) is 9.98 Å². The molecule has 1 amide bonds. The van der Waals surface area contributed by atoms with Gasteiger partial charge in [0.15, 0.2) is 0 Å². The van der Waals surface area contributed by atoms with Crippen LogP contribution in [0.4, 0.5) is 5.69 Å². The second-order valence-corrected chi connectivity index (χ2v) is 6.44. The molecule has 0 saturated carbocycles. The number of hydrogen-bond donors (Lipinski definition) is 2. The number of nitrogens with one attached hydrogen (secondary N) is 1. The number of benzene rings is 1. The van der Waals surface area contributed by atoms with Gasteiger partial charge < -0.3 is 15.8 Å². The maximum absolute atomic E-state index is 12.0. The van der Waals surface area contributed by atoms with E-state index in [-0.39, 0.29) is 18.0 Å². The third kappa shape index (κ3) is 4.07. The van der Waals surface area contributed by atoms with E-state index in [1.807, 2.05) is 31.2 Å². The van der Waals surface area contributed by atoms with Gasteiger partial charge in [0.25, 0.3) is 11.9 Å². The Morgan fingerprint density at radius 2 is 2.22 bits per heavy atom. The van der Waals surface area contributed by atoms with E-state index < -0.39 is 0 Å². The van der Waals surface area contributed by atoms with E-state index in [9.17, 15) is 4.79 Å². The van der Waals surface area contributed by atoms with Crippen molar-refractivity contribution in [3.05, 3.63) is 45.9 Å². The molecule has 1 aromatic carbocycles. The molecule has 0 bridgehead atoms. The van der Waals surface area contributed by atoms with Crippen LogP contribution >= 0.6 is 11.3 Å². The number of amidine groups is 1. The lowest BCUT2D eigenvalue weighted by molar-refractivity contribution is 0.102. The Morgan fingerprint density at radius 3 is 2.83 bits per heavy atom. The van der Waals surface area contributed by atoms with Crippen LogP contribution in [0.3, 0.4) is 0 Å². The molecule has 3 rings (SSSR count). The van der Waals surface area contributed by atoms with E-state index in [2.05, 4.69) is 15.3 Å². The molecule has 2 heterocycles. The first-order chi connectivity index (χ1) is 11.1. The quantitative estimate of drug-likeness (QED) is 0.880. The molecule has 1 aliphatic heterocycles. The van der Waals surface area contributed by atoms with Crippen molar-refractivity contribution in [2.45, 2.75) is 25.8 Å². The SMILES string of the molecule is Cc1nc(C(=O)Nc2ccc(CC[C@H]3COC(N)=N3)cc2)cs1. The van der Waals surface area contributed by atoms with Crippen molar-refractivity contribution in [3.8, 4) is 0 Å². The molecule has 0 unspecified atom stereocenters. The van der Waals surface area contributed by atoms with E-state index in [1.165, 1.54) is 16.9 Å². The topological polar surface area (TPSA) is 89.6 Å². The number of aliphatic imine (C=N–C) groups is 1. The highest BCUT2D eigenvalue weighted by Crippen LogP contribution is 2.16. The van der Waals surface area contributed by atoms with Gasteiger partial charge in [0.05, 0.1) is 11.0 Å². The molecule has 7 heteroatoms. The highest BCUT2D eigenvalue weighted by atomic mass is 32.1. The minimum Gasteiger partial charge on any atom is -0.463 e. The molecule has 3 N–H and O–H groups in total. The zero-order valence-electron chi connectivity index (χ0n) is 12.8. The van der Waals surface area contributed by atoms with Gasteiger partial charge in [-0.05, 0) is 37.5 Å². The Morgan fingerprint density at radius 1 is 1.43 bits per heavy atom. The van der Waals surface area contributed by atoms with Crippen LogP contribution in [0.5, 0.6) is 0 Å². The maximum atomic E-state index is 12.0. The van der Waals surface area contributed by atoms with Crippen LogP contribution in [0.2, 0.25) is 0 Å². The molecule has 0 radical (unpaired) electrons. The zero-order chi connectivity index (χ0) is 16.2. The van der Waals surface area contributed by atoms with E-state index >= 15 is 0 Å². The fourth-order valence-electron chi connectivity index (χ4n) is 2.33. The number of nitrogens with zero attached hydrogens (tertiary/aromatic N) is 2. The smallest absolute Gasteiger partial charge is 0.282 e. The Labute approximate surface area is 138 Å². The van der Waals surface area contributed by atoms with Crippen molar-refractivity contribution in [1.82, 2.24) is 4.98 Å². The van der Waals surface area contributed by atoms with Gasteiger partial charge in [-0.1, -0.05) is 12.1 Å². The molecule has 0 fully saturated rings. The number of carbonyl (C=O) groups excluding carboxylic acids is 1. The highest BCUT2D eigenvalue weighted by molar-refractivity contribution is 7.09. The Balaban J connectivity index is 1.53. The van der Waals surface area contributed by atoms with Gasteiger partial charge in [-0.15, -0.1) is 11.3 Å². The first-order valence-electron chi connectivity index (χ1n) is 7.38. The van der Waals surface area contributed by atoms with Crippen molar-refractivity contribution >= 4 is 29.0 Å². The predicted molar refractivity (Wildman–Crippen MR) is 90.9 cm³/mol. The van der Waals surface area contributed by atoms with Crippen molar-refractivity contribution in [1.29, 1.82) is 0 Å². The predicted octanol–water partition coefficient (Wildman–Crippen LogP) is 2.35. The molecular formula is C16H18N4O2S. The van der Waals surface area contributed by atoms with E-state index in [1.54, 1.807) is 5.38 Å². The second-order valence-electron chi connectivity index (χ2n) is 5.37. The monoisotopic (exact) mass is 330 g/mol. The summed E-state index contributed by atoms with van der Waals surface area (Å²) in [5.74, 6) is -0.185. The Hall–Kier alpha value is -2.41. The number of aryl methyl sites for hydroxylation is 2. The van der Waals surface area contributed by atoms with Gasteiger partial charge in [-0.2, -0.15) is 0 Å². The zero-order valence-corrected chi connectivity index (χ0v) is 13.6. The summed E-state index contributed by atoms with van der Waals surface area (Å²) < 4.78 is 5.14. The lowest BCUT2D eigenvalue weighted by Crippen LogP contribution is -2.12. The fraction of sp³-hybridized carbons (Fsp3) is 0.312. The third-order valence-corrected chi connectivity index (χ3v) is 4.34. The number of hydrogen-bond acceptors (Lipinski definition) is 6. The van der Waals surface area contributed by atoms with Crippen molar-refractivity contribution < 1.29 is 9.53 Å². The number of ether oxygens (including phenoxy) is 1. The van der Waals surface area contributed by atoms with Crippen LogP contribution in [0.1, 0.15) is 27.5 Å². The van der Waals surface area contributed by atoms with Crippen LogP contribution in [-0.2, 0) is 11.2 Å². The first-order valence-corrected chi connectivity index (χ1v) is 8.26. The summed E-state index contributed by atoms with van der Waals surface area (Å²) in [7, 11) is 0. The van der Waals surface area contributed by atoms with Gasteiger partial charge in [0.2, 0.25) is 0 Å². The number of rotatable bonds is 5. The van der Waals surface area contributed by atoms with Crippen LogP contribution in [-0.4, -0.2) is 29.6 Å². The summed E-state index contributed by atoms with van der Waals surface area (Å²) >= 11 is 1.46. The number of thiazole rings is 1. The lowest BCUT2D eigenvalue weighted by Gasteiger charge is -2.07. The maximum Gasteiger partial charge on any atom is 0.282 e. The van der Waals surface area contributed by atoms with E-state index in [4.69, 9.17) is 10.5 Å². The standard InChI is InChI=1S/C16H18N4O2S/c1-10-18-14(9-23-10)15(21)19-12-5-2-11(3-6-12)4-7-13-8-22-16(17)20-13/h2-3,5-6,9,13H,4,7-8H2,1H3,(H2,17,20)(H,19,21)/t13-/m0/s1. The number of anilines is 1. The highest BCUT2D eigenvalue weighted by Gasteiger charge is 2.16. The van der Waals surface area contributed by atoms with Gasteiger partial charge in [-0.3, -0.25) is 4.79 Å². The van der Waals surface area contributed by atoms with Crippen molar-refractivity contribution in [3.63, 3.8) is 0 Å². The summed E-state index contributed by atoms with van der Waals surface area (Å²) in [5, 5.41) is 5.49. The van der Waals surface area contributed by atoms with Crippen LogP contribution in [0.15, 0.2) is 34.6 Å². The molecule has 2 aromatic rings. The van der Waals surface area contributed by atoms with Crippen molar-refractivity contribution in [2.24, 2.45) is 10.7 Å². The van der Waals surface area contributed by atoms with Crippen LogP contribution in [0, 0.1) is 6.92 Å². The molecule has 1 atom stereocenters. The number of amides is 1. The molecule has 1 aliphatic rings. The molecule has 0 saturated heterocycles. The van der Waals surface area contributed by atoms with Crippen molar-refractivity contribution in [2.75, 3.05) is 11.9 Å².